The smallest absolute Gasteiger partial charge is 0.240 e. The second-order valence-electron chi connectivity index (χ2n) is 6.30. The van der Waals surface area contributed by atoms with Crippen molar-refractivity contribution >= 4 is 27.5 Å². The van der Waals surface area contributed by atoms with Gasteiger partial charge in [-0.25, -0.2) is 8.42 Å². The van der Waals surface area contributed by atoms with Crippen molar-refractivity contribution in [2.75, 3.05) is 36.7 Å². The Morgan fingerprint density at radius 1 is 1.36 bits per heavy atom. The van der Waals surface area contributed by atoms with E-state index in [-0.39, 0.29) is 18.4 Å². The zero-order valence-corrected chi connectivity index (χ0v) is 15.5. The molecule has 0 unspecified atom stereocenters. The highest BCUT2D eigenvalue weighted by Crippen LogP contribution is 2.18. The lowest BCUT2D eigenvalue weighted by molar-refractivity contribution is -0.127. The van der Waals surface area contributed by atoms with Crippen molar-refractivity contribution in [3.63, 3.8) is 0 Å². The Bertz CT molecular complexity index is 733. The minimum absolute atomic E-state index is 0.161. The average molecular weight is 367 g/mol. The third-order valence-electron chi connectivity index (χ3n) is 4.08. The van der Waals surface area contributed by atoms with Crippen LogP contribution in [-0.2, 0) is 19.6 Å². The van der Waals surface area contributed by atoms with Crippen molar-refractivity contribution in [3.05, 3.63) is 29.8 Å². The second-order valence-corrected chi connectivity index (χ2v) is 8.20. The number of carbonyl (C=O) groups is 2. The van der Waals surface area contributed by atoms with Crippen molar-refractivity contribution in [1.82, 2.24) is 10.2 Å². The third-order valence-corrected chi connectivity index (χ3v) is 5.22. The van der Waals surface area contributed by atoms with Crippen molar-refractivity contribution in [2.24, 2.45) is 0 Å². The van der Waals surface area contributed by atoms with Gasteiger partial charge in [0.05, 0.1) is 11.9 Å². The van der Waals surface area contributed by atoms with Gasteiger partial charge in [0, 0.05) is 26.1 Å². The predicted molar refractivity (Wildman–Crippen MR) is 96.8 cm³/mol. The largest absolute Gasteiger partial charge is 0.354 e. The molecule has 1 aliphatic heterocycles. The molecule has 2 amide bonds. The number of benzene rings is 1. The van der Waals surface area contributed by atoms with Gasteiger partial charge < -0.3 is 10.2 Å². The molecule has 1 heterocycles. The van der Waals surface area contributed by atoms with E-state index in [0.717, 1.165) is 29.1 Å². The zero-order valence-electron chi connectivity index (χ0n) is 14.7. The molecule has 0 spiro atoms. The van der Waals surface area contributed by atoms with Gasteiger partial charge in [-0.15, -0.1) is 0 Å². The van der Waals surface area contributed by atoms with Crippen LogP contribution in [0.5, 0.6) is 0 Å². The lowest BCUT2D eigenvalue weighted by Gasteiger charge is -2.22. The number of nitrogens with one attached hydrogen (secondary N) is 1. The standard InChI is InChI=1S/C17H25N3O4S/c1-14-6-3-7-15(12-14)20(25(2,23)24)13-16(21)18-9-5-11-19-10-4-8-17(19)22/h3,6-7,12H,4-5,8-11,13H2,1-2H3,(H,18,21). The van der Waals surface area contributed by atoms with Crippen LogP contribution < -0.4 is 9.62 Å². The molecule has 0 saturated carbocycles. The molecule has 1 fully saturated rings. The molecule has 7 nitrogen and oxygen atoms in total. The van der Waals surface area contributed by atoms with Crippen molar-refractivity contribution in [3.8, 4) is 0 Å². The molecule has 0 aliphatic carbocycles. The van der Waals surface area contributed by atoms with Gasteiger partial charge in [0.1, 0.15) is 6.54 Å². The van der Waals surface area contributed by atoms with E-state index in [1.54, 1.807) is 23.1 Å². The van der Waals surface area contributed by atoms with E-state index in [1.807, 2.05) is 13.0 Å². The van der Waals surface area contributed by atoms with Gasteiger partial charge in [0.25, 0.3) is 0 Å². The van der Waals surface area contributed by atoms with E-state index in [1.165, 1.54) is 0 Å². The van der Waals surface area contributed by atoms with Crippen LogP contribution in [0.2, 0.25) is 0 Å². The Balaban J connectivity index is 1.86. The Labute approximate surface area is 149 Å². The summed E-state index contributed by atoms with van der Waals surface area (Å²) in [5.74, 6) is -0.200. The number of sulfonamides is 1. The molecule has 1 aromatic rings. The molecule has 2 rings (SSSR count). The van der Waals surface area contributed by atoms with Crippen molar-refractivity contribution in [2.45, 2.75) is 26.2 Å². The molecule has 0 atom stereocenters. The van der Waals surface area contributed by atoms with Crippen LogP contribution in [0.4, 0.5) is 5.69 Å². The van der Waals surface area contributed by atoms with Gasteiger partial charge in [0.2, 0.25) is 21.8 Å². The zero-order chi connectivity index (χ0) is 18.4. The van der Waals surface area contributed by atoms with Gasteiger partial charge in [-0.3, -0.25) is 13.9 Å². The first-order chi connectivity index (χ1) is 11.8. The maximum atomic E-state index is 12.1. The highest BCUT2D eigenvalue weighted by atomic mass is 32.2. The summed E-state index contributed by atoms with van der Waals surface area (Å²) in [5, 5.41) is 2.73. The number of hydrogen-bond acceptors (Lipinski definition) is 4. The maximum absolute atomic E-state index is 12.1. The topological polar surface area (TPSA) is 86.8 Å². The summed E-state index contributed by atoms with van der Waals surface area (Å²) in [6, 6.07) is 7.02. The van der Waals surface area contributed by atoms with E-state index in [2.05, 4.69) is 5.32 Å². The van der Waals surface area contributed by atoms with Gasteiger partial charge >= 0.3 is 0 Å². The van der Waals surface area contributed by atoms with Crippen LogP contribution in [0, 0.1) is 6.92 Å². The van der Waals surface area contributed by atoms with Gasteiger partial charge in [-0.1, -0.05) is 12.1 Å². The van der Waals surface area contributed by atoms with Crippen molar-refractivity contribution < 1.29 is 18.0 Å². The van der Waals surface area contributed by atoms with Crippen LogP contribution in [0.15, 0.2) is 24.3 Å². The van der Waals surface area contributed by atoms with Gasteiger partial charge in [-0.05, 0) is 37.5 Å². The minimum Gasteiger partial charge on any atom is -0.354 e. The Hall–Kier alpha value is -2.09. The lowest BCUT2D eigenvalue weighted by Crippen LogP contribution is -2.41. The monoisotopic (exact) mass is 367 g/mol. The van der Waals surface area contributed by atoms with E-state index in [0.29, 0.717) is 31.6 Å². The number of nitrogens with zero attached hydrogens (tertiary/aromatic N) is 2. The van der Waals surface area contributed by atoms with Crippen LogP contribution in [0.25, 0.3) is 0 Å². The number of amides is 2. The maximum Gasteiger partial charge on any atom is 0.240 e. The average Bonchev–Trinajstić information content (AvgIpc) is 2.93. The molecule has 1 saturated heterocycles. The van der Waals surface area contributed by atoms with Crippen LogP contribution in [0.3, 0.4) is 0 Å². The first-order valence-electron chi connectivity index (χ1n) is 8.36. The summed E-state index contributed by atoms with van der Waals surface area (Å²) in [4.78, 5) is 25.4. The normalized spacial score (nSPS) is 14.6. The fraction of sp³-hybridized carbons (Fsp3) is 0.529. The predicted octanol–water partition coefficient (Wildman–Crippen LogP) is 0.890. The third kappa shape index (κ3) is 5.74. The molecule has 8 heteroatoms. The number of likely N-dealkylation sites (tertiary alicyclic amines) is 1. The van der Waals surface area contributed by atoms with E-state index < -0.39 is 10.0 Å². The molecule has 0 bridgehead atoms. The van der Waals surface area contributed by atoms with Crippen LogP contribution >= 0.6 is 0 Å². The Morgan fingerprint density at radius 3 is 2.72 bits per heavy atom. The molecular formula is C17H25N3O4S. The summed E-state index contributed by atoms with van der Waals surface area (Å²) in [5.41, 5.74) is 1.39. The first-order valence-corrected chi connectivity index (χ1v) is 10.2. The van der Waals surface area contributed by atoms with Gasteiger partial charge in [0.15, 0.2) is 0 Å². The highest BCUT2D eigenvalue weighted by Gasteiger charge is 2.21. The Morgan fingerprint density at radius 2 is 2.12 bits per heavy atom. The summed E-state index contributed by atoms with van der Waals surface area (Å²) in [7, 11) is -3.56. The summed E-state index contributed by atoms with van der Waals surface area (Å²) in [6.45, 7) is 3.41. The fourth-order valence-corrected chi connectivity index (χ4v) is 3.66. The molecular weight excluding hydrogens is 342 g/mol. The highest BCUT2D eigenvalue weighted by molar-refractivity contribution is 7.92. The van der Waals surface area contributed by atoms with E-state index in [9.17, 15) is 18.0 Å². The van der Waals surface area contributed by atoms with E-state index in [4.69, 9.17) is 0 Å². The first kappa shape index (κ1) is 19.2. The van der Waals surface area contributed by atoms with Gasteiger partial charge in [-0.2, -0.15) is 0 Å². The molecule has 1 aliphatic rings. The number of rotatable bonds is 8. The number of hydrogen-bond donors (Lipinski definition) is 1. The molecule has 1 aromatic carbocycles. The molecule has 25 heavy (non-hydrogen) atoms. The van der Waals surface area contributed by atoms with Crippen LogP contribution in [0.1, 0.15) is 24.8 Å². The quantitative estimate of drug-likeness (QED) is 0.692. The summed E-state index contributed by atoms with van der Waals surface area (Å²) < 4.78 is 25.1. The van der Waals surface area contributed by atoms with E-state index >= 15 is 0 Å². The summed E-state index contributed by atoms with van der Waals surface area (Å²) in [6.07, 6.45) is 3.24. The molecule has 138 valence electrons. The summed E-state index contributed by atoms with van der Waals surface area (Å²) >= 11 is 0. The molecule has 0 radical (unpaired) electrons. The number of anilines is 1. The number of aryl methyl sites for hydroxylation is 1. The second kappa shape index (κ2) is 8.33. The SMILES string of the molecule is Cc1cccc(N(CC(=O)NCCCN2CCCC2=O)S(C)(=O)=O)c1. The minimum atomic E-state index is -3.56. The fourth-order valence-electron chi connectivity index (χ4n) is 2.81. The lowest BCUT2D eigenvalue weighted by atomic mass is 10.2. The molecule has 0 aromatic heterocycles. The Kier molecular flexibility index (Phi) is 6.41. The molecule has 1 N–H and O–H groups in total. The number of carbonyl (C=O) groups excluding carboxylic acids is 2. The van der Waals surface area contributed by atoms with Crippen molar-refractivity contribution in [1.29, 1.82) is 0 Å². The van der Waals surface area contributed by atoms with Crippen LogP contribution in [-0.4, -0.2) is 57.6 Å².